The number of nitrogens with zero attached hydrogens (tertiary/aromatic N) is 1. The summed E-state index contributed by atoms with van der Waals surface area (Å²) < 4.78 is 13.1. The van der Waals surface area contributed by atoms with Crippen molar-refractivity contribution in [2.75, 3.05) is 5.32 Å². The molecule has 1 fully saturated rings. The van der Waals surface area contributed by atoms with E-state index in [0.717, 1.165) is 31.0 Å². The van der Waals surface area contributed by atoms with Crippen LogP contribution < -0.4 is 11.1 Å². The van der Waals surface area contributed by atoms with Gasteiger partial charge in [-0.3, -0.25) is 14.9 Å². The van der Waals surface area contributed by atoms with Crippen LogP contribution in [0.4, 0.5) is 15.8 Å². The molecule has 0 aliphatic heterocycles. The van der Waals surface area contributed by atoms with Crippen LogP contribution in [0.5, 0.6) is 0 Å². The first-order valence-electron chi connectivity index (χ1n) is 5.96. The molecule has 0 spiro atoms. The molecule has 102 valence electrons. The van der Waals surface area contributed by atoms with Crippen molar-refractivity contribution in [2.45, 2.75) is 25.3 Å². The predicted molar refractivity (Wildman–Crippen MR) is 67.0 cm³/mol. The first-order valence-corrected chi connectivity index (χ1v) is 5.96. The minimum Gasteiger partial charge on any atom is -0.327 e. The van der Waals surface area contributed by atoms with Crippen LogP contribution in [0.3, 0.4) is 0 Å². The van der Waals surface area contributed by atoms with E-state index < -0.39 is 16.6 Å². The number of anilines is 1. The summed E-state index contributed by atoms with van der Waals surface area (Å²) in [6, 6.07) is 2.68. The minimum atomic E-state index is -0.671. The average Bonchev–Trinajstić information content (AvgIpc) is 3.11. The van der Waals surface area contributed by atoms with Gasteiger partial charge in [0.25, 0.3) is 5.69 Å². The third-order valence-electron chi connectivity index (χ3n) is 3.08. The number of carbonyl (C=O) groups excluding carboxylic acids is 1. The fourth-order valence-electron chi connectivity index (χ4n) is 1.87. The molecule has 6 nitrogen and oxygen atoms in total. The molecule has 7 heteroatoms. The van der Waals surface area contributed by atoms with Crippen molar-refractivity contribution in [3.8, 4) is 0 Å². The van der Waals surface area contributed by atoms with Gasteiger partial charge in [-0.05, 0) is 24.8 Å². The van der Waals surface area contributed by atoms with E-state index in [9.17, 15) is 19.3 Å². The standard InChI is InChI=1S/C12H14FN3O3/c13-8-3-4-11(16(18)19)10(5-8)15-12(17)6-9(14)7-1-2-7/h3-5,7,9H,1-2,6,14H2,(H,15,17). The molecule has 1 amide bonds. The van der Waals surface area contributed by atoms with E-state index in [0.29, 0.717) is 5.92 Å². The fraction of sp³-hybridized carbons (Fsp3) is 0.417. The van der Waals surface area contributed by atoms with Crippen molar-refractivity contribution in [3.63, 3.8) is 0 Å². The van der Waals surface area contributed by atoms with Crippen molar-refractivity contribution in [3.05, 3.63) is 34.1 Å². The van der Waals surface area contributed by atoms with E-state index in [1.54, 1.807) is 0 Å². The molecule has 1 aromatic rings. The number of nitro groups is 1. The molecule has 19 heavy (non-hydrogen) atoms. The first-order chi connectivity index (χ1) is 8.97. The van der Waals surface area contributed by atoms with Gasteiger partial charge in [0.15, 0.2) is 0 Å². The molecule has 3 N–H and O–H groups in total. The predicted octanol–water partition coefficient (Wildman–Crippen LogP) is 1.80. The van der Waals surface area contributed by atoms with Gasteiger partial charge in [-0.1, -0.05) is 0 Å². The van der Waals surface area contributed by atoms with Gasteiger partial charge in [-0.2, -0.15) is 0 Å². The zero-order chi connectivity index (χ0) is 14.0. The number of benzene rings is 1. The van der Waals surface area contributed by atoms with E-state index in [1.165, 1.54) is 0 Å². The molecule has 1 aliphatic carbocycles. The van der Waals surface area contributed by atoms with E-state index in [1.807, 2.05) is 0 Å². The molecule has 1 atom stereocenters. The number of carbonyl (C=O) groups is 1. The van der Waals surface area contributed by atoms with E-state index in [-0.39, 0.29) is 23.8 Å². The summed E-state index contributed by atoms with van der Waals surface area (Å²) in [5.74, 6) is -0.728. The van der Waals surface area contributed by atoms with Crippen LogP contribution in [0.1, 0.15) is 19.3 Å². The van der Waals surface area contributed by atoms with Crippen molar-refractivity contribution < 1.29 is 14.1 Å². The lowest BCUT2D eigenvalue weighted by Crippen LogP contribution is -2.29. The van der Waals surface area contributed by atoms with Crippen LogP contribution in [-0.2, 0) is 4.79 Å². The molecule has 1 aliphatic rings. The van der Waals surface area contributed by atoms with E-state index in [4.69, 9.17) is 5.73 Å². The second kappa shape index (κ2) is 5.31. The average molecular weight is 267 g/mol. The Labute approximate surface area is 108 Å². The number of nitrogens with two attached hydrogens (primary N) is 1. The Balaban J connectivity index is 2.06. The van der Waals surface area contributed by atoms with Crippen LogP contribution in [0.25, 0.3) is 0 Å². The van der Waals surface area contributed by atoms with Crippen molar-refractivity contribution in [2.24, 2.45) is 11.7 Å². The Hall–Kier alpha value is -2.02. The molecule has 1 unspecified atom stereocenters. The molecule has 0 heterocycles. The van der Waals surface area contributed by atoms with E-state index in [2.05, 4.69) is 5.32 Å². The maximum Gasteiger partial charge on any atom is 0.292 e. The number of hydrogen-bond acceptors (Lipinski definition) is 4. The van der Waals surface area contributed by atoms with Crippen LogP contribution in [0.15, 0.2) is 18.2 Å². The SMILES string of the molecule is NC(CC(=O)Nc1cc(F)ccc1[N+](=O)[O-])C1CC1. The fourth-order valence-corrected chi connectivity index (χ4v) is 1.87. The maximum absolute atomic E-state index is 13.1. The Morgan fingerprint density at radius 2 is 2.26 bits per heavy atom. The van der Waals surface area contributed by atoms with Crippen molar-refractivity contribution >= 4 is 17.3 Å². The summed E-state index contributed by atoms with van der Waals surface area (Å²) in [4.78, 5) is 21.8. The molecule has 2 rings (SSSR count). The Kier molecular flexibility index (Phi) is 3.75. The Bertz CT molecular complexity index is 517. The van der Waals surface area contributed by atoms with Crippen molar-refractivity contribution in [1.82, 2.24) is 0 Å². The van der Waals surface area contributed by atoms with Gasteiger partial charge >= 0.3 is 0 Å². The summed E-state index contributed by atoms with van der Waals surface area (Å²) >= 11 is 0. The molecule has 0 radical (unpaired) electrons. The van der Waals surface area contributed by atoms with Crippen LogP contribution >= 0.6 is 0 Å². The largest absolute Gasteiger partial charge is 0.327 e. The van der Waals surface area contributed by atoms with Gasteiger partial charge in [-0.15, -0.1) is 0 Å². The maximum atomic E-state index is 13.1. The summed E-state index contributed by atoms with van der Waals surface area (Å²) in [5.41, 5.74) is 5.31. The van der Waals surface area contributed by atoms with Gasteiger partial charge < -0.3 is 11.1 Å². The Morgan fingerprint density at radius 3 is 2.84 bits per heavy atom. The monoisotopic (exact) mass is 267 g/mol. The third kappa shape index (κ3) is 3.47. The zero-order valence-electron chi connectivity index (χ0n) is 10.1. The number of hydrogen-bond donors (Lipinski definition) is 2. The smallest absolute Gasteiger partial charge is 0.292 e. The highest BCUT2D eigenvalue weighted by Crippen LogP contribution is 2.33. The molecule has 0 saturated heterocycles. The minimum absolute atomic E-state index is 0.0817. The van der Waals surface area contributed by atoms with Gasteiger partial charge in [0.2, 0.25) is 5.91 Å². The zero-order valence-corrected chi connectivity index (χ0v) is 10.1. The van der Waals surface area contributed by atoms with E-state index >= 15 is 0 Å². The topological polar surface area (TPSA) is 98.3 Å². The Morgan fingerprint density at radius 1 is 1.58 bits per heavy atom. The van der Waals surface area contributed by atoms with Gasteiger partial charge in [0.05, 0.1) is 4.92 Å². The van der Waals surface area contributed by atoms with Gasteiger partial charge in [-0.25, -0.2) is 4.39 Å². The molecular weight excluding hydrogens is 253 g/mol. The third-order valence-corrected chi connectivity index (χ3v) is 3.08. The number of nitro benzene ring substituents is 1. The lowest BCUT2D eigenvalue weighted by molar-refractivity contribution is -0.384. The van der Waals surface area contributed by atoms with Crippen LogP contribution in [0, 0.1) is 21.8 Å². The number of rotatable bonds is 5. The number of halogens is 1. The highest BCUT2D eigenvalue weighted by molar-refractivity contribution is 5.93. The quantitative estimate of drug-likeness (QED) is 0.627. The highest BCUT2D eigenvalue weighted by atomic mass is 19.1. The number of amides is 1. The molecule has 1 aromatic carbocycles. The van der Waals surface area contributed by atoms with Gasteiger partial charge in [0.1, 0.15) is 11.5 Å². The molecule has 1 saturated carbocycles. The van der Waals surface area contributed by atoms with Crippen LogP contribution in [0.2, 0.25) is 0 Å². The number of nitrogens with one attached hydrogen (secondary N) is 1. The van der Waals surface area contributed by atoms with Crippen molar-refractivity contribution in [1.29, 1.82) is 0 Å². The summed E-state index contributed by atoms with van der Waals surface area (Å²) in [5, 5.41) is 13.1. The molecule has 0 aromatic heterocycles. The highest BCUT2D eigenvalue weighted by Gasteiger charge is 2.30. The van der Waals surface area contributed by atoms with Gasteiger partial charge in [0, 0.05) is 24.6 Å². The second-order valence-corrected chi connectivity index (χ2v) is 4.67. The summed E-state index contributed by atoms with van der Waals surface area (Å²) in [7, 11) is 0. The molecular formula is C12H14FN3O3. The van der Waals surface area contributed by atoms with Crippen LogP contribution in [-0.4, -0.2) is 16.9 Å². The lowest BCUT2D eigenvalue weighted by Gasteiger charge is -2.10. The molecule has 0 bridgehead atoms. The normalized spacial score (nSPS) is 15.9. The lowest BCUT2D eigenvalue weighted by atomic mass is 10.1. The second-order valence-electron chi connectivity index (χ2n) is 4.67. The summed E-state index contributed by atoms with van der Waals surface area (Å²) in [6.45, 7) is 0. The summed E-state index contributed by atoms with van der Waals surface area (Å²) in [6.07, 6.45) is 2.10. The first kappa shape index (κ1) is 13.4.